The maximum Gasteiger partial charge on any atom is 0.274 e. The van der Waals surface area contributed by atoms with E-state index >= 15 is 0 Å². The zero-order valence-corrected chi connectivity index (χ0v) is 16.0. The Kier molecular flexibility index (Phi) is 4.39. The van der Waals surface area contributed by atoms with Crippen LogP contribution in [0.3, 0.4) is 0 Å². The van der Waals surface area contributed by atoms with Crippen molar-refractivity contribution in [2.24, 2.45) is 0 Å². The van der Waals surface area contributed by atoms with E-state index < -0.39 is 0 Å². The highest BCUT2D eigenvalue weighted by Crippen LogP contribution is 2.40. The molecule has 2 aromatic carbocycles. The summed E-state index contributed by atoms with van der Waals surface area (Å²) < 4.78 is 1.71. The Morgan fingerprint density at radius 1 is 1.03 bits per heavy atom. The third-order valence-electron chi connectivity index (χ3n) is 5.47. The van der Waals surface area contributed by atoms with E-state index in [2.05, 4.69) is 5.32 Å². The number of nitrogens with one attached hydrogen (secondary N) is 1. The summed E-state index contributed by atoms with van der Waals surface area (Å²) in [6.45, 7) is 0.680. The number of benzene rings is 2. The van der Waals surface area contributed by atoms with Crippen LogP contribution in [0.1, 0.15) is 47.8 Å². The summed E-state index contributed by atoms with van der Waals surface area (Å²) in [5.41, 5.74) is 3.70. The first-order valence-corrected chi connectivity index (χ1v) is 10.1. The summed E-state index contributed by atoms with van der Waals surface area (Å²) in [6.07, 6.45) is 3.62. The molecule has 0 unspecified atom stereocenters. The number of hydrogen-bond acceptors (Lipinski definition) is 3. The Hall–Kier alpha value is -3.41. The lowest BCUT2D eigenvalue weighted by Crippen LogP contribution is -2.26. The first kappa shape index (κ1) is 17.7. The van der Waals surface area contributed by atoms with Gasteiger partial charge in [0.25, 0.3) is 5.91 Å². The molecular weight excluding hydrogens is 364 g/mol. The Bertz CT molecular complexity index is 1070. The van der Waals surface area contributed by atoms with Gasteiger partial charge in [0.2, 0.25) is 5.91 Å². The second kappa shape index (κ2) is 7.20. The van der Waals surface area contributed by atoms with E-state index in [0.717, 1.165) is 36.3 Å². The van der Waals surface area contributed by atoms with Gasteiger partial charge < -0.3 is 10.2 Å². The van der Waals surface area contributed by atoms with Crippen LogP contribution in [0.5, 0.6) is 0 Å². The van der Waals surface area contributed by atoms with Gasteiger partial charge in [-0.15, -0.1) is 0 Å². The van der Waals surface area contributed by atoms with Gasteiger partial charge in [0.05, 0.1) is 22.8 Å². The molecule has 0 atom stereocenters. The molecule has 1 aromatic heterocycles. The second-order valence-corrected chi connectivity index (χ2v) is 7.60. The van der Waals surface area contributed by atoms with E-state index in [1.54, 1.807) is 9.58 Å². The second-order valence-electron chi connectivity index (χ2n) is 7.60. The number of hydrogen-bond donors (Lipinski definition) is 1. The predicted octanol–water partition coefficient (Wildman–Crippen LogP) is 4.13. The molecule has 1 saturated heterocycles. The lowest BCUT2D eigenvalue weighted by Gasteiger charge is -2.20. The van der Waals surface area contributed by atoms with Crippen LogP contribution < -0.4 is 10.2 Å². The van der Waals surface area contributed by atoms with Gasteiger partial charge in [-0.1, -0.05) is 30.3 Å². The molecule has 3 aromatic rings. The minimum Gasteiger partial charge on any atom is -0.319 e. The van der Waals surface area contributed by atoms with E-state index in [-0.39, 0.29) is 11.8 Å². The van der Waals surface area contributed by atoms with Gasteiger partial charge in [0, 0.05) is 18.9 Å². The summed E-state index contributed by atoms with van der Waals surface area (Å²) >= 11 is 0. The van der Waals surface area contributed by atoms with Crippen molar-refractivity contribution in [2.75, 3.05) is 16.8 Å². The molecule has 1 aliphatic carbocycles. The van der Waals surface area contributed by atoms with Crippen molar-refractivity contribution < 1.29 is 9.59 Å². The van der Waals surface area contributed by atoms with Crippen LogP contribution in [0.25, 0.3) is 5.69 Å². The third-order valence-corrected chi connectivity index (χ3v) is 5.47. The number of para-hydroxylation sites is 3. The molecule has 1 N–H and O–H groups in total. The molecule has 1 saturated carbocycles. The molecule has 29 heavy (non-hydrogen) atoms. The molecule has 2 heterocycles. The van der Waals surface area contributed by atoms with Crippen molar-refractivity contribution >= 4 is 23.2 Å². The van der Waals surface area contributed by atoms with E-state index in [1.807, 2.05) is 60.7 Å². The van der Waals surface area contributed by atoms with Crippen molar-refractivity contribution in [3.63, 3.8) is 0 Å². The fraction of sp³-hybridized carbons (Fsp3) is 0.261. The van der Waals surface area contributed by atoms with E-state index in [0.29, 0.717) is 30.3 Å². The molecule has 2 aliphatic rings. The molecule has 146 valence electrons. The maximum atomic E-state index is 13.2. The molecule has 6 nitrogen and oxygen atoms in total. The van der Waals surface area contributed by atoms with E-state index in [9.17, 15) is 9.59 Å². The quantitative estimate of drug-likeness (QED) is 0.717. The Morgan fingerprint density at radius 2 is 1.79 bits per heavy atom. The van der Waals surface area contributed by atoms with Crippen LogP contribution in [-0.2, 0) is 4.79 Å². The Labute approximate surface area is 169 Å². The van der Waals surface area contributed by atoms with Crippen molar-refractivity contribution in [3.05, 3.63) is 72.1 Å². The smallest absolute Gasteiger partial charge is 0.274 e. The normalized spacial score (nSPS) is 16.3. The Morgan fingerprint density at radius 3 is 2.52 bits per heavy atom. The molecule has 5 rings (SSSR count). The first-order chi connectivity index (χ1) is 14.2. The summed E-state index contributed by atoms with van der Waals surface area (Å²) in [4.78, 5) is 27.2. The number of carbonyl (C=O) groups is 2. The van der Waals surface area contributed by atoms with Crippen molar-refractivity contribution in [2.45, 2.75) is 31.6 Å². The fourth-order valence-corrected chi connectivity index (χ4v) is 3.81. The molecular formula is C23H22N4O2. The van der Waals surface area contributed by atoms with Crippen molar-refractivity contribution in [3.8, 4) is 5.69 Å². The number of rotatable bonds is 5. The van der Waals surface area contributed by atoms with Crippen LogP contribution >= 0.6 is 0 Å². The van der Waals surface area contributed by atoms with Crippen molar-refractivity contribution in [1.29, 1.82) is 0 Å². The number of amides is 2. The molecule has 2 fully saturated rings. The van der Waals surface area contributed by atoms with Gasteiger partial charge in [0.15, 0.2) is 0 Å². The standard InChI is InChI=1S/C23H22N4O2/c28-22-11-6-14-26(22)20-10-5-4-9-18(20)24-23(29)21-15-19(16-12-13-16)25-27(21)17-7-2-1-3-8-17/h1-5,7-10,15-16H,6,11-14H2,(H,24,29). The van der Waals surface area contributed by atoms with Gasteiger partial charge in [0.1, 0.15) is 5.69 Å². The molecule has 0 spiro atoms. The first-order valence-electron chi connectivity index (χ1n) is 10.1. The summed E-state index contributed by atoms with van der Waals surface area (Å²) in [6, 6.07) is 19.1. The predicted molar refractivity (Wildman–Crippen MR) is 112 cm³/mol. The van der Waals surface area contributed by atoms with Gasteiger partial charge in [-0.05, 0) is 49.6 Å². The minimum atomic E-state index is -0.229. The fourth-order valence-electron chi connectivity index (χ4n) is 3.81. The van der Waals surface area contributed by atoms with E-state index in [1.165, 1.54) is 0 Å². The van der Waals surface area contributed by atoms with Gasteiger partial charge in [-0.25, -0.2) is 4.68 Å². The minimum absolute atomic E-state index is 0.0945. The maximum absolute atomic E-state index is 13.2. The van der Waals surface area contributed by atoms with Gasteiger partial charge in [-0.3, -0.25) is 9.59 Å². The van der Waals surface area contributed by atoms with E-state index in [4.69, 9.17) is 5.10 Å². The topological polar surface area (TPSA) is 67.2 Å². The SMILES string of the molecule is O=C(Nc1ccccc1N1CCCC1=O)c1cc(C2CC2)nn1-c1ccccc1. The zero-order chi connectivity index (χ0) is 19.8. The zero-order valence-electron chi connectivity index (χ0n) is 16.0. The number of carbonyl (C=O) groups excluding carboxylic acids is 2. The van der Waals surface area contributed by atoms with Crippen LogP contribution in [0.4, 0.5) is 11.4 Å². The average molecular weight is 386 g/mol. The van der Waals surface area contributed by atoms with Gasteiger partial charge in [-0.2, -0.15) is 5.10 Å². The molecule has 1 aliphatic heterocycles. The van der Waals surface area contributed by atoms with Gasteiger partial charge >= 0.3 is 0 Å². The number of aromatic nitrogens is 2. The summed E-state index contributed by atoms with van der Waals surface area (Å²) in [5.74, 6) is 0.311. The Balaban J connectivity index is 1.49. The average Bonchev–Trinajstić information content (AvgIpc) is 3.36. The lowest BCUT2D eigenvalue weighted by atomic mass is 10.2. The van der Waals surface area contributed by atoms with Crippen LogP contribution in [0.2, 0.25) is 0 Å². The molecule has 0 radical (unpaired) electrons. The molecule has 2 amide bonds. The molecule has 6 heteroatoms. The number of anilines is 2. The summed E-state index contributed by atoms with van der Waals surface area (Å²) in [5, 5.41) is 7.72. The highest BCUT2D eigenvalue weighted by atomic mass is 16.2. The highest BCUT2D eigenvalue weighted by molar-refractivity contribution is 6.07. The summed E-state index contributed by atoms with van der Waals surface area (Å²) in [7, 11) is 0. The lowest BCUT2D eigenvalue weighted by molar-refractivity contribution is -0.117. The van der Waals surface area contributed by atoms with Crippen LogP contribution in [0.15, 0.2) is 60.7 Å². The highest BCUT2D eigenvalue weighted by Gasteiger charge is 2.30. The van der Waals surface area contributed by atoms with Crippen LogP contribution in [0, 0.1) is 0 Å². The third kappa shape index (κ3) is 3.42. The largest absolute Gasteiger partial charge is 0.319 e. The monoisotopic (exact) mass is 386 g/mol. The van der Waals surface area contributed by atoms with Crippen LogP contribution in [-0.4, -0.2) is 28.1 Å². The molecule has 0 bridgehead atoms. The van der Waals surface area contributed by atoms with Crippen molar-refractivity contribution in [1.82, 2.24) is 9.78 Å². The number of nitrogens with zero attached hydrogens (tertiary/aromatic N) is 3.